The molecular formula is C17H12BrN3O2. The highest BCUT2D eigenvalue weighted by atomic mass is 79.9. The Hall–Kier alpha value is -2.47. The van der Waals surface area contributed by atoms with E-state index in [1.54, 1.807) is 30.5 Å². The number of fused-ring (bicyclic) bond motifs is 2. The second kappa shape index (κ2) is 5.31. The summed E-state index contributed by atoms with van der Waals surface area (Å²) in [6.07, 6.45) is 4.27. The predicted molar refractivity (Wildman–Crippen MR) is 88.4 cm³/mol. The van der Waals surface area contributed by atoms with Crippen molar-refractivity contribution >= 4 is 33.4 Å². The Morgan fingerprint density at radius 3 is 2.39 bits per heavy atom. The standard InChI is InChI=1S/C17H12BrN3O2/c18-11-5-6-15-19-9-12(21(15)10-11)7-8-20-16(22)13-3-1-2-4-14(13)17(20)23/h1-6,9-10H,7-8H2. The Labute approximate surface area is 140 Å². The Kier molecular flexibility index (Phi) is 3.27. The average molecular weight is 370 g/mol. The lowest BCUT2D eigenvalue weighted by Gasteiger charge is -2.13. The van der Waals surface area contributed by atoms with Crippen LogP contribution >= 0.6 is 15.9 Å². The van der Waals surface area contributed by atoms with Crippen molar-refractivity contribution in [3.05, 3.63) is 70.1 Å². The summed E-state index contributed by atoms with van der Waals surface area (Å²) in [5, 5.41) is 0. The number of benzene rings is 1. The van der Waals surface area contributed by atoms with Crippen molar-refractivity contribution in [2.45, 2.75) is 6.42 Å². The van der Waals surface area contributed by atoms with Gasteiger partial charge in [0, 0.05) is 35.5 Å². The number of aromatic nitrogens is 2. The monoisotopic (exact) mass is 369 g/mol. The van der Waals surface area contributed by atoms with Gasteiger partial charge in [-0.3, -0.25) is 14.5 Å². The number of imide groups is 1. The van der Waals surface area contributed by atoms with Crippen LogP contribution in [0.15, 0.2) is 53.3 Å². The minimum atomic E-state index is -0.222. The molecule has 1 aliphatic heterocycles. The molecule has 114 valence electrons. The average Bonchev–Trinajstić information content (AvgIpc) is 3.06. The van der Waals surface area contributed by atoms with Crippen molar-refractivity contribution in [3.63, 3.8) is 0 Å². The number of carbonyl (C=O) groups is 2. The van der Waals surface area contributed by atoms with Gasteiger partial charge < -0.3 is 4.40 Å². The van der Waals surface area contributed by atoms with Gasteiger partial charge in [-0.2, -0.15) is 0 Å². The normalized spacial score (nSPS) is 13.9. The van der Waals surface area contributed by atoms with E-state index in [1.165, 1.54) is 4.90 Å². The van der Waals surface area contributed by atoms with Gasteiger partial charge in [0.1, 0.15) is 5.65 Å². The third kappa shape index (κ3) is 2.26. The molecule has 2 aromatic heterocycles. The molecule has 6 heteroatoms. The summed E-state index contributed by atoms with van der Waals surface area (Å²) in [6, 6.07) is 10.8. The van der Waals surface area contributed by atoms with Gasteiger partial charge in [0.05, 0.1) is 11.1 Å². The number of amides is 2. The van der Waals surface area contributed by atoms with Crippen molar-refractivity contribution in [1.82, 2.24) is 14.3 Å². The third-order valence-corrected chi connectivity index (χ3v) is 4.48. The minimum absolute atomic E-state index is 0.222. The third-order valence-electron chi connectivity index (χ3n) is 4.02. The number of hydrogen-bond acceptors (Lipinski definition) is 3. The number of hydrogen-bond donors (Lipinski definition) is 0. The van der Waals surface area contributed by atoms with Gasteiger partial charge in [-0.15, -0.1) is 0 Å². The SMILES string of the molecule is O=C1c2ccccc2C(=O)N1CCc1cnc2ccc(Br)cn12. The fraction of sp³-hybridized carbons (Fsp3) is 0.118. The summed E-state index contributed by atoms with van der Waals surface area (Å²) in [5.74, 6) is -0.443. The van der Waals surface area contributed by atoms with E-state index in [1.807, 2.05) is 22.7 Å². The molecule has 0 atom stereocenters. The van der Waals surface area contributed by atoms with E-state index in [0.717, 1.165) is 15.8 Å². The zero-order chi connectivity index (χ0) is 16.0. The second-order valence-electron chi connectivity index (χ2n) is 5.38. The van der Waals surface area contributed by atoms with E-state index in [-0.39, 0.29) is 11.8 Å². The first kappa shape index (κ1) is 14.1. The van der Waals surface area contributed by atoms with Crippen LogP contribution in [-0.2, 0) is 6.42 Å². The summed E-state index contributed by atoms with van der Waals surface area (Å²) >= 11 is 3.44. The molecule has 0 N–H and O–H groups in total. The number of imidazole rings is 1. The van der Waals surface area contributed by atoms with Gasteiger partial charge in [0.25, 0.3) is 11.8 Å². The first-order chi connectivity index (χ1) is 11.1. The van der Waals surface area contributed by atoms with Crippen LogP contribution in [0.2, 0.25) is 0 Å². The van der Waals surface area contributed by atoms with E-state index in [4.69, 9.17) is 0 Å². The van der Waals surface area contributed by atoms with Crippen molar-refractivity contribution in [3.8, 4) is 0 Å². The Balaban J connectivity index is 1.59. The van der Waals surface area contributed by atoms with Crippen LogP contribution in [0, 0.1) is 0 Å². The number of carbonyl (C=O) groups excluding carboxylic acids is 2. The van der Waals surface area contributed by atoms with Gasteiger partial charge in [-0.25, -0.2) is 4.98 Å². The summed E-state index contributed by atoms with van der Waals surface area (Å²) in [6.45, 7) is 0.340. The smallest absolute Gasteiger partial charge is 0.261 e. The first-order valence-electron chi connectivity index (χ1n) is 7.22. The van der Waals surface area contributed by atoms with Crippen LogP contribution in [0.3, 0.4) is 0 Å². The van der Waals surface area contributed by atoms with Crippen LogP contribution in [0.25, 0.3) is 5.65 Å². The van der Waals surface area contributed by atoms with Crippen LogP contribution < -0.4 is 0 Å². The fourth-order valence-electron chi connectivity index (χ4n) is 2.86. The number of nitrogens with zero attached hydrogens (tertiary/aromatic N) is 3. The molecule has 0 saturated carbocycles. The van der Waals surface area contributed by atoms with Crippen molar-refractivity contribution < 1.29 is 9.59 Å². The molecule has 1 aliphatic rings. The zero-order valence-corrected chi connectivity index (χ0v) is 13.7. The topological polar surface area (TPSA) is 54.7 Å². The van der Waals surface area contributed by atoms with Gasteiger partial charge in [-0.05, 0) is 40.2 Å². The molecule has 3 heterocycles. The fourth-order valence-corrected chi connectivity index (χ4v) is 3.20. The van der Waals surface area contributed by atoms with E-state index >= 15 is 0 Å². The van der Waals surface area contributed by atoms with Gasteiger partial charge >= 0.3 is 0 Å². The lowest BCUT2D eigenvalue weighted by Crippen LogP contribution is -2.31. The Morgan fingerprint density at radius 1 is 1.00 bits per heavy atom. The molecule has 2 amide bonds. The molecule has 0 fully saturated rings. The van der Waals surface area contributed by atoms with Crippen LogP contribution in [0.4, 0.5) is 0 Å². The van der Waals surface area contributed by atoms with Gasteiger partial charge in [-0.1, -0.05) is 12.1 Å². The van der Waals surface area contributed by atoms with E-state index in [0.29, 0.717) is 24.1 Å². The molecule has 0 bridgehead atoms. The molecule has 23 heavy (non-hydrogen) atoms. The molecule has 0 spiro atoms. The Bertz CT molecular complexity index is 913. The minimum Gasteiger partial charge on any atom is -0.303 e. The van der Waals surface area contributed by atoms with E-state index in [9.17, 15) is 9.59 Å². The Morgan fingerprint density at radius 2 is 1.70 bits per heavy atom. The molecular weight excluding hydrogens is 358 g/mol. The second-order valence-corrected chi connectivity index (χ2v) is 6.30. The number of halogens is 1. The number of pyridine rings is 1. The lowest BCUT2D eigenvalue weighted by molar-refractivity contribution is 0.0656. The van der Waals surface area contributed by atoms with Crippen LogP contribution in [0.1, 0.15) is 26.4 Å². The maximum atomic E-state index is 12.4. The largest absolute Gasteiger partial charge is 0.303 e. The van der Waals surface area contributed by atoms with Crippen LogP contribution in [0.5, 0.6) is 0 Å². The maximum absolute atomic E-state index is 12.4. The molecule has 5 nitrogen and oxygen atoms in total. The highest BCUT2D eigenvalue weighted by molar-refractivity contribution is 9.10. The zero-order valence-electron chi connectivity index (χ0n) is 12.1. The van der Waals surface area contributed by atoms with Crippen molar-refractivity contribution in [2.24, 2.45) is 0 Å². The highest BCUT2D eigenvalue weighted by Crippen LogP contribution is 2.23. The first-order valence-corrected chi connectivity index (χ1v) is 8.01. The van der Waals surface area contributed by atoms with Gasteiger partial charge in [0.15, 0.2) is 0 Å². The maximum Gasteiger partial charge on any atom is 0.261 e. The molecule has 0 radical (unpaired) electrons. The van der Waals surface area contributed by atoms with E-state index < -0.39 is 0 Å². The lowest BCUT2D eigenvalue weighted by atomic mass is 10.1. The summed E-state index contributed by atoms with van der Waals surface area (Å²) in [5.41, 5.74) is 2.76. The molecule has 0 saturated heterocycles. The van der Waals surface area contributed by atoms with Crippen LogP contribution in [-0.4, -0.2) is 32.6 Å². The summed E-state index contributed by atoms with van der Waals surface area (Å²) in [7, 11) is 0. The summed E-state index contributed by atoms with van der Waals surface area (Å²) < 4.78 is 2.91. The highest BCUT2D eigenvalue weighted by Gasteiger charge is 2.34. The van der Waals surface area contributed by atoms with E-state index in [2.05, 4.69) is 20.9 Å². The summed E-state index contributed by atoms with van der Waals surface area (Å²) in [4.78, 5) is 30.4. The van der Waals surface area contributed by atoms with Gasteiger partial charge in [0.2, 0.25) is 0 Å². The molecule has 3 aromatic rings. The quantitative estimate of drug-likeness (QED) is 0.667. The molecule has 4 rings (SSSR count). The van der Waals surface area contributed by atoms with Crippen molar-refractivity contribution in [2.75, 3.05) is 6.54 Å². The van der Waals surface area contributed by atoms with Crippen molar-refractivity contribution in [1.29, 1.82) is 0 Å². The predicted octanol–water partition coefficient (Wildman–Crippen LogP) is 2.94. The molecule has 1 aromatic carbocycles. The number of rotatable bonds is 3. The molecule has 0 unspecified atom stereocenters. The molecule has 0 aliphatic carbocycles.